The van der Waals surface area contributed by atoms with E-state index in [2.05, 4.69) is 15.0 Å². The van der Waals surface area contributed by atoms with Gasteiger partial charge < -0.3 is 14.8 Å². The van der Waals surface area contributed by atoms with Crippen LogP contribution in [-0.4, -0.2) is 37.8 Å². The summed E-state index contributed by atoms with van der Waals surface area (Å²) in [4.78, 5) is 15.5. The van der Waals surface area contributed by atoms with E-state index in [1.165, 1.54) is 18.4 Å². The summed E-state index contributed by atoms with van der Waals surface area (Å²) in [5.74, 6) is -0.472. The van der Waals surface area contributed by atoms with Crippen molar-refractivity contribution >= 4 is 34.0 Å². The lowest BCUT2D eigenvalue weighted by atomic mass is 10.6. The van der Waals surface area contributed by atoms with Gasteiger partial charge in [-0.05, 0) is 6.92 Å². The number of ether oxygens (including phenoxy) is 2. The van der Waals surface area contributed by atoms with Crippen LogP contribution in [0.5, 0.6) is 0 Å². The molecule has 0 saturated carbocycles. The number of halogens is 1. The van der Waals surface area contributed by atoms with Crippen LogP contribution >= 0.6 is 22.9 Å². The van der Waals surface area contributed by atoms with E-state index in [0.717, 1.165) is 0 Å². The lowest BCUT2D eigenvalue weighted by molar-refractivity contribution is 0.0606. The van der Waals surface area contributed by atoms with Crippen LogP contribution in [0.4, 0.5) is 5.13 Å². The first-order chi connectivity index (χ1) is 7.69. The number of nitrogens with one attached hydrogen (secondary N) is 1. The lowest BCUT2D eigenvalue weighted by Crippen LogP contribution is -2.08. The van der Waals surface area contributed by atoms with Crippen molar-refractivity contribution in [2.24, 2.45) is 0 Å². The van der Waals surface area contributed by atoms with E-state index in [-0.39, 0.29) is 5.15 Å². The average molecular weight is 265 g/mol. The molecule has 7 heteroatoms. The Hall–Kier alpha value is -0.850. The normalized spacial score (nSPS) is 10.2. The molecule has 90 valence electrons. The summed E-state index contributed by atoms with van der Waals surface area (Å²) in [5, 5.41) is 3.76. The Morgan fingerprint density at radius 2 is 2.38 bits per heavy atom. The number of nitrogens with zero attached hydrogens (tertiary/aromatic N) is 1. The van der Waals surface area contributed by atoms with E-state index in [4.69, 9.17) is 16.3 Å². The molecule has 0 atom stereocenters. The fourth-order valence-corrected chi connectivity index (χ4v) is 2.10. The smallest absolute Gasteiger partial charge is 0.351 e. The van der Waals surface area contributed by atoms with Crippen LogP contribution in [-0.2, 0) is 9.47 Å². The van der Waals surface area contributed by atoms with Gasteiger partial charge in [0.25, 0.3) is 0 Å². The van der Waals surface area contributed by atoms with E-state index in [0.29, 0.717) is 29.8 Å². The third-order valence-corrected chi connectivity index (χ3v) is 3.06. The monoisotopic (exact) mass is 264 g/mol. The van der Waals surface area contributed by atoms with Crippen LogP contribution in [0.3, 0.4) is 0 Å². The lowest BCUT2D eigenvalue weighted by Gasteiger charge is -2.01. The maximum Gasteiger partial charge on any atom is 0.351 e. The molecule has 0 saturated heterocycles. The van der Waals surface area contributed by atoms with Crippen molar-refractivity contribution in [1.82, 2.24) is 4.98 Å². The summed E-state index contributed by atoms with van der Waals surface area (Å²) in [6.07, 6.45) is 0. The number of carbonyl (C=O) groups excluding carboxylic acids is 1. The number of rotatable bonds is 6. The van der Waals surface area contributed by atoms with Gasteiger partial charge in [-0.15, -0.1) is 0 Å². The first kappa shape index (κ1) is 13.2. The van der Waals surface area contributed by atoms with Crippen molar-refractivity contribution in [3.05, 3.63) is 10.0 Å². The number of esters is 1. The molecule has 0 aliphatic rings. The Morgan fingerprint density at radius 3 is 3.00 bits per heavy atom. The van der Waals surface area contributed by atoms with Crippen molar-refractivity contribution in [3.63, 3.8) is 0 Å². The largest absolute Gasteiger partial charge is 0.465 e. The number of thiazole rings is 1. The molecule has 0 aliphatic carbocycles. The number of anilines is 1. The first-order valence-electron chi connectivity index (χ1n) is 4.75. The fraction of sp³-hybridized carbons (Fsp3) is 0.556. The third kappa shape index (κ3) is 3.62. The number of aromatic nitrogens is 1. The molecule has 0 bridgehead atoms. The molecule has 1 N–H and O–H groups in total. The van der Waals surface area contributed by atoms with Crippen molar-refractivity contribution in [2.45, 2.75) is 6.92 Å². The maximum absolute atomic E-state index is 11.2. The van der Waals surface area contributed by atoms with Crippen LogP contribution in [0.1, 0.15) is 16.6 Å². The second kappa shape index (κ2) is 6.67. The first-order valence-corrected chi connectivity index (χ1v) is 5.94. The Kier molecular flexibility index (Phi) is 5.51. The zero-order valence-electron chi connectivity index (χ0n) is 9.08. The van der Waals surface area contributed by atoms with Gasteiger partial charge in [0.05, 0.1) is 13.7 Å². The van der Waals surface area contributed by atoms with Crippen LogP contribution < -0.4 is 5.32 Å². The highest BCUT2D eigenvalue weighted by molar-refractivity contribution is 7.18. The van der Waals surface area contributed by atoms with Gasteiger partial charge in [0.15, 0.2) is 15.2 Å². The summed E-state index contributed by atoms with van der Waals surface area (Å²) >= 11 is 6.95. The Labute approximate surface area is 103 Å². The van der Waals surface area contributed by atoms with Gasteiger partial charge in [-0.2, -0.15) is 0 Å². The standard InChI is InChI=1S/C9H13ClN2O3S/c1-3-15-5-4-11-9-12-7(10)6(16-9)8(13)14-2/h3-5H2,1-2H3,(H,11,12). The molecule has 0 aromatic carbocycles. The molecule has 1 aromatic heterocycles. The van der Waals surface area contributed by atoms with Crippen LogP contribution in [0, 0.1) is 0 Å². The van der Waals surface area contributed by atoms with Crippen molar-refractivity contribution < 1.29 is 14.3 Å². The Morgan fingerprint density at radius 1 is 1.62 bits per heavy atom. The van der Waals surface area contributed by atoms with Gasteiger partial charge >= 0.3 is 5.97 Å². The second-order valence-corrected chi connectivity index (χ2v) is 4.11. The van der Waals surface area contributed by atoms with Crippen molar-refractivity contribution in [3.8, 4) is 0 Å². The highest BCUT2D eigenvalue weighted by Gasteiger charge is 2.16. The Balaban J connectivity index is 2.52. The number of methoxy groups -OCH3 is 1. The number of carbonyl (C=O) groups is 1. The molecule has 1 aromatic rings. The molecule has 5 nitrogen and oxygen atoms in total. The highest BCUT2D eigenvalue weighted by Crippen LogP contribution is 2.27. The van der Waals surface area contributed by atoms with Gasteiger partial charge in [0.1, 0.15) is 0 Å². The van der Waals surface area contributed by atoms with Gasteiger partial charge in [-0.3, -0.25) is 0 Å². The molecule has 0 radical (unpaired) electrons. The molecule has 0 spiro atoms. The molecular formula is C9H13ClN2O3S. The van der Waals surface area contributed by atoms with E-state index in [1.54, 1.807) is 0 Å². The van der Waals surface area contributed by atoms with E-state index in [1.807, 2.05) is 6.92 Å². The highest BCUT2D eigenvalue weighted by atomic mass is 35.5. The molecule has 0 fully saturated rings. The minimum Gasteiger partial charge on any atom is -0.465 e. The summed E-state index contributed by atoms with van der Waals surface area (Å²) < 4.78 is 9.72. The zero-order chi connectivity index (χ0) is 12.0. The SMILES string of the molecule is CCOCCNc1nc(Cl)c(C(=O)OC)s1. The predicted molar refractivity (Wildman–Crippen MR) is 63.4 cm³/mol. The van der Waals surface area contributed by atoms with Gasteiger partial charge in [0.2, 0.25) is 0 Å². The zero-order valence-corrected chi connectivity index (χ0v) is 10.7. The summed E-state index contributed by atoms with van der Waals surface area (Å²) in [6.45, 7) is 3.81. The van der Waals surface area contributed by atoms with Crippen LogP contribution in [0.2, 0.25) is 5.15 Å². The van der Waals surface area contributed by atoms with Crippen LogP contribution in [0.15, 0.2) is 0 Å². The van der Waals surface area contributed by atoms with E-state index >= 15 is 0 Å². The quantitative estimate of drug-likeness (QED) is 0.629. The average Bonchev–Trinajstić information content (AvgIpc) is 2.65. The topological polar surface area (TPSA) is 60.5 Å². The van der Waals surface area contributed by atoms with Crippen molar-refractivity contribution in [1.29, 1.82) is 0 Å². The second-order valence-electron chi connectivity index (χ2n) is 2.75. The van der Waals surface area contributed by atoms with Crippen molar-refractivity contribution in [2.75, 3.05) is 32.2 Å². The fourth-order valence-electron chi connectivity index (χ4n) is 0.970. The molecule has 0 unspecified atom stereocenters. The molecule has 16 heavy (non-hydrogen) atoms. The van der Waals surface area contributed by atoms with E-state index in [9.17, 15) is 4.79 Å². The van der Waals surface area contributed by atoms with E-state index < -0.39 is 5.97 Å². The molecule has 0 aliphatic heterocycles. The third-order valence-electron chi connectivity index (χ3n) is 1.68. The number of hydrogen-bond donors (Lipinski definition) is 1. The summed E-state index contributed by atoms with van der Waals surface area (Å²) in [7, 11) is 1.31. The maximum atomic E-state index is 11.2. The minimum absolute atomic E-state index is 0.163. The molecule has 0 amide bonds. The predicted octanol–water partition coefficient (Wildman–Crippen LogP) is 2.03. The Bertz CT molecular complexity index is 357. The number of hydrogen-bond acceptors (Lipinski definition) is 6. The van der Waals surface area contributed by atoms with Gasteiger partial charge in [0, 0.05) is 13.2 Å². The van der Waals surface area contributed by atoms with Gasteiger partial charge in [-0.25, -0.2) is 9.78 Å². The van der Waals surface area contributed by atoms with Crippen LogP contribution in [0.25, 0.3) is 0 Å². The minimum atomic E-state index is -0.472. The summed E-state index contributed by atoms with van der Waals surface area (Å²) in [5.41, 5.74) is 0. The summed E-state index contributed by atoms with van der Waals surface area (Å²) in [6, 6.07) is 0. The molecule has 1 rings (SSSR count). The van der Waals surface area contributed by atoms with Gasteiger partial charge in [-0.1, -0.05) is 22.9 Å². The molecule has 1 heterocycles. The molecular weight excluding hydrogens is 252 g/mol.